The summed E-state index contributed by atoms with van der Waals surface area (Å²) in [6.45, 7) is 3.05. The smallest absolute Gasteiger partial charge is 0.126 e. The molecular weight excluding hydrogens is 226 g/mol. The standard InChI is InChI=1S/C12H16F2N2O/c13-10-5-9(6-11(14)7-10)12(8-17)16-3-1-15-2-4-16/h5-7,12,15,17H,1-4,8H2/t12-/m1/s1. The van der Waals surface area contributed by atoms with Crippen LogP contribution in [0.15, 0.2) is 18.2 Å². The zero-order valence-corrected chi connectivity index (χ0v) is 9.50. The third kappa shape index (κ3) is 3.00. The van der Waals surface area contributed by atoms with Crippen LogP contribution in [-0.2, 0) is 0 Å². The van der Waals surface area contributed by atoms with Crippen LogP contribution in [0.3, 0.4) is 0 Å². The van der Waals surface area contributed by atoms with Crippen LogP contribution in [-0.4, -0.2) is 42.8 Å². The minimum atomic E-state index is -0.603. The van der Waals surface area contributed by atoms with Crippen LogP contribution in [0, 0.1) is 11.6 Å². The van der Waals surface area contributed by atoms with E-state index in [-0.39, 0.29) is 12.6 Å². The molecule has 3 nitrogen and oxygen atoms in total. The fourth-order valence-corrected chi connectivity index (χ4v) is 2.19. The fourth-order valence-electron chi connectivity index (χ4n) is 2.19. The van der Waals surface area contributed by atoms with Crippen molar-refractivity contribution in [2.45, 2.75) is 6.04 Å². The van der Waals surface area contributed by atoms with E-state index in [0.29, 0.717) is 5.56 Å². The number of benzene rings is 1. The van der Waals surface area contributed by atoms with Crippen LogP contribution < -0.4 is 5.32 Å². The van der Waals surface area contributed by atoms with Crippen molar-refractivity contribution in [3.63, 3.8) is 0 Å². The van der Waals surface area contributed by atoms with Crippen molar-refractivity contribution in [2.75, 3.05) is 32.8 Å². The lowest BCUT2D eigenvalue weighted by Gasteiger charge is -2.34. The van der Waals surface area contributed by atoms with E-state index in [2.05, 4.69) is 5.32 Å². The third-order valence-corrected chi connectivity index (χ3v) is 3.03. The number of halogens is 2. The van der Waals surface area contributed by atoms with Crippen molar-refractivity contribution in [2.24, 2.45) is 0 Å². The number of aliphatic hydroxyl groups is 1. The lowest BCUT2D eigenvalue weighted by molar-refractivity contribution is 0.110. The first-order valence-corrected chi connectivity index (χ1v) is 5.72. The molecule has 1 aliphatic rings. The topological polar surface area (TPSA) is 35.5 Å². The second kappa shape index (κ2) is 5.53. The van der Waals surface area contributed by atoms with E-state index in [1.807, 2.05) is 4.90 Å². The van der Waals surface area contributed by atoms with Crippen LogP contribution in [0.1, 0.15) is 11.6 Å². The predicted octanol–water partition coefficient (Wildman–Crippen LogP) is 0.903. The van der Waals surface area contributed by atoms with Crippen molar-refractivity contribution in [3.8, 4) is 0 Å². The summed E-state index contributed by atoms with van der Waals surface area (Å²) in [7, 11) is 0. The van der Waals surface area contributed by atoms with Crippen molar-refractivity contribution in [1.29, 1.82) is 0 Å². The molecule has 17 heavy (non-hydrogen) atoms. The molecule has 1 heterocycles. The van der Waals surface area contributed by atoms with E-state index in [1.54, 1.807) is 0 Å². The number of nitrogens with one attached hydrogen (secondary N) is 1. The summed E-state index contributed by atoms with van der Waals surface area (Å²) in [5.41, 5.74) is 0.493. The number of hydrogen-bond acceptors (Lipinski definition) is 3. The SMILES string of the molecule is OC[C@H](c1cc(F)cc(F)c1)N1CCNCC1. The molecule has 0 unspecified atom stereocenters. The van der Waals surface area contributed by atoms with E-state index in [1.165, 1.54) is 12.1 Å². The monoisotopic (exact) mass is 242 g/mol. The van der Waals surface area contributed by atoms with Gasteiger partial charge in [0.15, 0.2) is 0 Å². The molecule has 0 aromatic heterocycles. The molecule has 2 N–H and O–H groups in total. The van der Waals surface area contributed by atoms with E-state index in [4.69, 9.17) is 0 Å². The van der Waals surface area contributed by atoms with Crippen molar-refractivity contribution >= 4 is 0 Å². The number of aliphatic hydroxyl groups excluding tert-OH is 1. The van der Waals surface area contributed by atoms with E-state index >= 15 is 0 Å². The minimum Gasteiger partial charge on any atom is -0.394 e. The first-order valence-electron chi connectivity index (χ1n) is 5.72. The summed E-state index contributed by atoms with van der Waals surface area (Å²) in [4.78, 5) is 2.03. The highest BCUT2D eigenvalue weighted by molar-refractivity contribution is 5.21. The van der Waals surface area contributed by atoms with Crippen molar-refractivity contribution < 1.29 is 13.9 Å². The Balaban J connectivity index is 2.21. The largest absolute Gasteiger partial charge is 0.394 e. The van der Waals surface area contributed by atoms with Gasteiger partial charge in [-0.05, 0) is 17.7 Å². The average molecular weight is 242 g/mol. The lowest BCUT2D eigenvalue weighted by Crippen LogP contribution is -2.46. The first kappa shape index (κ1) is 12.4. The quantitative estimate of drug-likeness (QED) is 0.826. The third-order valence-electron chi connectivity index (χ3n) is 3.03. The van der Waals surface area contributed by atoms with Crippen LogP contribution in [0.2, 0.25) is 0 Å². The molecule has 94 valence electrons. The predicted molar refractivity (Wildman–Crippen MR) is 60.6 cm³/mol. The molecule has 1 atom stereocenters. The van der Waals surface area contributed by atoms with Crippen LogP contribution >= 0.6 is 0 Å². The minimum absolute atomic E-state index is 0.136. The van der Waals surface area contributed by atoms with Gasteiger partial charge in [0.2, 0.25) is 0 Å². The maximum absolute atomic E-state index is 13.1. The highest BCUT2D eigenvalue weighted by Gasteiger charge is 2.22. The summed E-state index contributed by atoms with van der Waals surface area (Å²) in [5, 5.41) is 12.6. The van der Waals surface area contributed by atoms with Crippen molar-refractivity contribution in [1.82, 2.24) is 10.2 Å². The average Bonchev–Trinajstić information content (AvgIpc) is 2.30. The molecule has 0 aliphatic carbocycles. The van der Waals surface area contributed by atoms with E-state index in [9.17, 15) is 13.9 Å². The van der Waals surface area contributed by atoms with Gasteiger partial charge in [-0.2, -0.15) is 0 Å². The Morgan fingerprint density at radius 2 is 1.76 bits per heavy atom. The van der Waals surface area contributed by atoms with Gasteiger partial charge in [0.25, 0.3) is 0 Å². The summed E-state index contributed by atoms with van der Waals surface area (Å²) in [6.07, 6.45) is 0. The van der Waals surface area contributed by atoms with Crippen LogP contribution in [0.4, 0.5) is 8.78 Å². The van der Waals surface area contributed by atoms with E-state index in [0.717, 1.165) is 32.2 Å². The maximum Gasteiger partial charge on any atom is 0.126 e. The van der Waals surface area contributed by atoms with Gasteiger partial charge in [0.1, 0.15) is 11.6 Å². The molecule has 0 saturated carbocycles. The highest BCUT2D eigenvalue weighted by Crippen LogP contribution is 2.22. The van der Waals surface area contributed by atoms with Gasteiger partial charge in [0, 0.05) is 32.2 Å². The Morgan fingerprint density at radius 1 is 1.18 bits per heavy atom. The number of piperazine rings is 1. The Morgan fingerprint density at radius 3 is 2.29 bits per heavy atom. The molecule has 5 heteroatoms. The van der Waals surface area contributed by atoms with Gasteiger partial charge in [-0.15, -0.1) is 0 Å². The second-order valence-corrected chi connectivity index (χ2v) is 4.19. The lowest BCUT2D eigenvalue weighted by atomic mass is 10.0. The molecule has 1 fully saturated rings. The molecule has 0 amide bonds. The molecule has 1 saturated heterocycles. The summed E-state index contributed by atoms with van der Waals surface area (Å²) < 4.78 is 26.3. The summed E-state index contributed by atoms with van der Waals surface area (Å²) >= 11 is 0. The van der Waals surface area contributed by atoms with Gasteiger partial charge in [0.05, 0.1) is 12.6 Å². The van der Waals surface area contributed by atoms with Gasteiger partial charge >= 0.3 is 0 Å². The molecule has 0 radical (unpaired) electrons. The van der Waals surface area contributed by atoms with Crippen molar-refractivity contribution in [3.05, 3.63) is 35.4 Å². The van der Waals surface area contributed by atoms with Crippen LogP contribution in [0.5, 0.6) is 0 Å². The molecular formula is C12H16F2N2O. The molecule has 0 bridgehead atoms. The Bertz CT molecular complexity index is 361. The van der Waals surface area contributed by atoms with Gasteiger partial charge in [-0.1, -0.05) is 0 Å². The summed E-state index contributed by atoms with van der Waals surface area (Å²) in [6, 6.07) is 3.08. The Labute approximate surface area is 99.1 Å². The zero-order chi connectivity index (χ0) is 12.3. The van der Waals surface area contributed by atoms with Crippen LogP contribution in [0.25, 0.3) is 0 Å². The maximum atomic E-state index is 13.1. The molecule has 0 spiro atoms. The normalized spacial score (nSPS) is 19.2. The zero-order valence-electron chi connectivity index (χ0n) is 9.50. The molecule has 2 rings (SSSR count). The Kier molecular flexibility index (Phi) is 4.04. The van der Waals surface area contributed by atoms with Gasteiger partial charge in [-0.25, -0.2) is 8.78 Å². The first-order chi connectivity index (χ1) is 8.20. The molecule has 1 aliphatic heterocycles. The molecule has 1 aromatic carbocycles. The van der Waals surface area contributed by atoms with Gasteiger partial charge in [-0.3, -0.25) is 4.90 Å². The van der Waals surface area contributed by atoms with E-state index < -0.39 is 11.6 Å². The number of hydrogen-bond donors (Lipinski definition) is 2. The highest BCUT2D eigenvalue weighted by atomic mass is 19.1. The summed E-state index contributed by atoms with van der Waals surface area (Å²) in [5.74, 6) is -1.21. The Hall–Kier alpha value is -1.04. The fraction of sp³-hybridized carbons (Fsp3) is 0.500. The number of rotatable bonds is 3. The second-order valence-electron chi connectivity index (χ2n) is 4.19. The van der Waals surface area contributed by atoms with Gasteiger partial charge < -0.3 is 10.4 Å². The number of nitrogens with zero attached hydrogens (tertiary/aromatic N) is 1. The molecule has 1 aromatic rings.